The largest absolute Gasteiger partial charge is 0.507 e. The van der Waals surface area contributed by atoms with E-state index in [4.69, 9.17) is 0 Å². The van der Waals surface area contributed by atoms with E-state index in [1.807, 2.05) is 64.1 Å². The first-order valence-electron chi connectivity index (χ1n) is 10.3. The van der Waals surface area contributed by atoms with E-state index in [0.29, 0.717) is 11.3 Å². The topological polar surface area (TPSA) is 98.4 Å². The molecule has 0 radical (unpaired) electrons. The van der Waals surface area contributed by atoms with Crippen molar-refractivity contribution in [1.82, 2.24) is 5.43 Å². The fourth-order valence-electron chi connectivity index (χ4n) is 3.09. The Balaban J connectivity index is 1.61. The molecule has 3 rings (SSSR count). The number of azo groups is 1. The molecule has 3 aromatic carbocycles. The molecule has 0 saturated carbocycles. The van der Waals surface area contributed by atoms with Crippen molar-refractivity contribution in [3.8, 4) is 5.75 Å². The lowest BCUT2D eigenvalue weighted by atomic mass is 10.1. The quantitative estimate of drug-likeness (QED) is 0.259. The van der Waals surface area contributed by atoms with E-state index in [9.17, 15) is 9.90 Å². The zero-order valence-corrected chi connectivity index (χ0v) is 18.7. The summed E-state index contributed by atoms with van der Waals surface area (Å²) in [7, 11) is 0. The molecule has 0 aromatic heterocycles. The number of hydrogen-bond donors (Lipinski definition) is 3. The molecule has 7 heteroatoms. The van der Waals surface area contributed by atoms with Crippen LogP contribution in [0.15, 0.2) is 69.9 Å². The number of phenols is 1. The minimum absolute atomic E-state index is 0.0294. The maximum Gasteiger partial charge on any atom is 0.259 e. The van der Waals surface area contributed by atoms with Gasteiger partial charge in [0, 0.05) is 11.3 Å². The van der Waals surface area contributed by atoms with E-state index in [0.717, 1.165) is 28.1 Å². The van der Waals surface area contributed by atoms with E-state index < -0.39 is 0 Å². The summed E-state index contributed by atoms with van der Waals surface area (Å²) in [6, 6.07) is 16.6. The highest BCUT2D eigenvalue weighted by Gasteiger charge is 2.05. The zero-order valence-electron chi connectivity index (χ0n) is 18.7. The van der Waals surface area contributed by atoms with Gasteiger partial charge in [0.15, 0.2) is 0 Å². The lowest BCUT2D eigenvalue weighted by Gasteiger charge is -2.11. The van der Waals surface area contributed by atoms with Gasteiger partial charge in [-0.3, -0.25) is 4.79 Å². The predicted octanol–water partition coefficient (Wildman–Crippen LogP) is 5.60. The number of carbonyl (C=O) groups is 1. The number of phenolic OH excluding ortho intramolecular Hbond substituents is 1. The first-order chi connectivity index (χ1) is 15.3. The van der Waals surface area contributed by atoms with E-state index in [2.05, 4.69) is 26.1 Å². The maximum atomic E-state index is 12.1. The molecule has 0 fully saturated rings. The molecule has 0 bridgehead atoms. The van der Waals surface area contributed by atoms with Gasteiger partial charge in [-0.25, -0.2) is 5.43 Å². The van der Waals surface area contributed by atoms with Gasteiger partial charge in [-0.2, -0.15) is 15.3 Å². The Morgan fingerprint density at radius 2 is 1.53 bits per heavy atom. The van der Waals surface area contributed by atoms with Crippen LogP contribution in [-0.2, 0) is 4.79 Å². The van der Waals surface area contributed by atoms with Crippen molar-refractivity contribution in [2.75, 3.05) is 11.9 Å². The van der Waals surface area contributed by atoms with E-state index in [-0.39, 0.29) is 18.2 Å². The van der Waals surface area contributed by atoms with Crippen LogP contribution in [0, 0.1) is 27.7 Å². The third-order valence-corrected chi connectivity index (χ3v) is 5.08. The Morgan fingerprint density at radius 1 is 0.875 bits per heavy atom. The van der Waals surface area contributed by atoms with Crippen molar-refractivity contribution in [1.29, 1.82) is 0 Å². The van der Waals surface area contributed by atoms with Gasteiger partial charge in [0.2, 0.25) is 0 Å². The van der Waals surface area contributed by atoms with Crippen LogP contribution in [0.3, 0.4) is 0 Å². The summed E-state index contributed by atoms with van der Waals surface area (Å²) in [4.78, 5) is 12.1. The first-order valence-corrected chi connectivity index (χ1v) is 10.3. The van der Waals surface area contributed by atoms with Crippen molar-refractivity contribution in [2.24, 2.45) is 15.3 Å². The second-order valence-corrected chi connectivity index (χ2v) is 7.63. The standard InChI is InChI=1S/C25H27N5O2/c1-16-8-9-21(12-19(16)4)28-29-22-10-11-23(31)20(13-22)14-27-30-24(32)15-26-25-17(2)6-5-7-18(25)3/h5-14,26,31H,15H2,1-4H3,(H,30,32)/b27-14-,29-28?. The molecular weight excluding hydrogens is 402 g/mol. The lowest BCUT2D eigenvalue weighted by molar-refractivity contribution is -0.119. The van der Waals surface area contributed by atoms with Crippen LogP contribution in [0.5, 0.6) is 5.75 Å². The summed E-state index contributed by atoms with van der Waals surface area (Å²) in [5.41, 5.74) is 9.60. The molecule has 164 valence electrons. The minimum atomic E-state index is -0.297. The maximum absolute atomic E-state index is 12.1. The second kappa shape index (κ2) is 10.3. The van der Waals surface area contributed by atoms with Gasteiger partial charge in [-0.05, 0) is 80.3 Å². The number of hydrogen-bond acceptors (Lipinski definition) is 6. The van der Waals surface area contributed by atoms with Gasteiger partial charge in [-0.15, -0.1) is 0 Å². The number of aryl methyl sites for hydroxylation is 4. The molecule has 0 heterocycles. The fraction of sp³-hybridized carbons (Fsp3) is 0.200. The van der Waals surface area contributed by atoms with Crippen LogP contribution in [-0.4, -0.2) is 23.8 Å². The number of nitrogens with one attached hydrogen (secondary N) is 2. The number of hydrazone groups is 1. The Hall–Kier alpha value is -4.00. The fourth-order valence-corrected chi connectivity index (χ4v) is 3.09. The van der Waals surface area contributed by atoms with Crippen LogP contribution in [0.1, 0.15) is 27.8 Å². The Morgan fingerprint density at radius 3 is 2.22 bits per heavy atom. The van der Waals surface area contributed by atoms with Gasteiger partial charge in [0.1, 0.15) is 5.75 Å². The van der Waals surface area contributed by atoms with Crippen LogP contribution in [0.2, 0.25) is 0 Å². The number of anilines is 1. The number of rotatable bonds is 7. The van der Waals surface area contributed by atoms with E-state index in [1.54, 1.807) is 12.1 Å². The molecule has 3 aromatic rings. The third-order valence-electron chi connectivity index (χ3n) is 5.08. The molecular formula is C25H27N5O2. The van der Waals surface area contributed by atoms with Crippen LogP contribution in [0.4, 0.5) is 17.1 Å². The van der Waals surface area contributed by atoms with E-state index in [1.165, 1.54) is 17.8 Å². The van der Waals surface area contributed by atoms with Gasteiger partial charge < -0.3 is 10.4 Å². The van der Waals surface area contributed by atoms with Crippen molar-refractivity contribution in [3.05, 3.63) is 82.4 Å². The molecule has 0 atom stereocenters. The Bertz CT molecular complexity index is 1160. The van der Waals surface area contributed by atoms with Gasteiger partial charge >= 0.3 is 0 Å². The summed E-state index contributed by atoms with van der Waals surface area (Å²) in [6.07, 6.45) is 1.38. The first kappa shape index (κ1) is 22.7. The molecule has 7 nitrogen and oxygen atoms in total. The van der Waals surface area contributed by atoms with Gasteiger partial charge in [0.25, 0.3) is 5.91 Å². The average Bonchev–Trinajstić information content (AvgIpc) is 2.76. The zero-order chi connectivity index (χ0) is 23.1. The smallest absolute Gasteiger partial charge is 0.259 e. The van der Waals surface area contributed by atoms with Crippen LogP contribution in [0.25, 0.3) is 0 Å². The molecule has 0 spiro atoms. The summed E-state index contributed by atoms with van der Waals surface area (Å²) >= 11 is 0. The molecule has 0 aliphatic carbocycles. The number of nitrogens with zero attached hydrogens (tertiary/aromatic N) is 3. The number of benzene rings is 3. The minimum Gasteiger partial charge on any atom is -0.507 e. The molecule has 0 aliphatic heterocycles. The predicted molar refractivity (Wildman–Crippen MR) is 128 cm³/mol. The molecule has 1 amide bonds. The average molecular weight is 430 g/mol. The Labute approximate surface area is 187 Å². The number of aromatic hydroxyl groups is 1. The molecule has 32 heavy (non-hydrogen) atoms. The number of amides is 1. The highest BCUT2D eigenvalue weighted by Crippen LogP contribution is 2.25. The third kappa shape index (κ3) is 6.01. The lowest BCUT2D eigenvalue weighted by Crippen LogP contribution is -2.26. The molecule has 0 aliphatic rings. The van der Waals surface area contributed by atoms with Crippen molar-refractivity contribution < 1.29 is 9.90 Å². The SMILES string of the molecule is Cc1ccc(N=Nc2ccc(O)c(/C=N\NC(=O)CNc3c(C)cccc3C)c2)cc1C. The van der Waals surface area contributed by atoms with Crippen molar-refractivity contribution >= 4 is 29.2 Å². The van der Waals surface area contributed by atoms with Crippen LogP contribution < -0.4 is 10.7 Å². The highest BCUT2D eigenvalue weighted by atomic mass is 16.3. The molecule has 0 saturated heterocycles. The van der Waals surface area contributed by atoms with Crippen molar-refractivity contribution in [3.63, 3.8) is 0 Å². The summed E-state index contributed by atoms with van der Waals surface area (Å²) in [6.45, 7) is 8.12. The van der Waals surface area contributed by atoms with Crippen molar-refractivity contribution in [2.45, 2.75) is 27.7 Å². The van der Waals surface area contributed by atoms with Crippen LogP contribution >= 0.6 is 0 Å². The van der Waals surface area contributed by atoms with Gasteiger partial charge in [-0.1, -0.05) is 24.3 Å². The normalized spacial score (nSPS) is 11.2. The molecule has 0 unspecified atom stereocenters. The van der Waals surface area contributed by atoms with Gasteiger partial charge in [0.05, 0.1) is 24.1 Å². The van der Waals surface area contributed by atoms with E-state index >= 15 is 0 Å². The Kier molecular flexibility index (Phi) is 7.33. The summed E-state index contributed by atoms with van der Waals surface area (Å²) < 4.78 is 0. The number of para-hydroxylation sites is 1. The highest BCUT2D eigenvalue weighted by molar-refractivity contribution is 5.87. The molecule has 3 N–H and O–H groups in total. The summed E-state index contributed by atoms with van der Waals surface area (Å²) in [5.74, 6) is -0.268. The summed E-state index contributed by atoms with van der Waals surface area (Å²) in [5, 5.41) is 25.6. The second-order valence-electron chi connectivity index (χ2n) is 7.63. The monoisotopic (exact) mass is 429 g/mol. The number of carbonyl (C=O) groups excluding carboxylic acids is 1.